The van der Waals surface area contributed by atoms with Gasteiger partial charge in [0.25, 0.3) is 0 Å². The summed E-state index contributed by atoms with van der Waals surface area (Å²) < 4.78 is 0. The summed E-state index contributed by atoms with van der Waals surface area (Å²) in [6, 6.07) is 0. The van der Waals surface area contributed by atoms with Crippen molar-refractivity contribution in [3.05, 3.63) is 24.7 Å². The topological polar surface area (TPSA) is 46.2 Å². The first-order chi connectivity index (χ1) is 14.9. The number of hydrogen-bond acceptors (Lipinski definition) is 5. The summed E-state index contributed by atoms with van der Waals surface area (Å²) in [5.41, 5.74) is 0. The molecule has 0 radical (unpaired) electrons. The molecule has 0 fully saturated rings. The number of hydrogen-bond donors (Lipinski definition) is 0. The lowest BCUT2D eigenvalue weighted by Gasteiger charge is -2.03. The summed E-state index contributed by atoms with van der Waals surface area (Å²) in [6.07, 6.45) is 32.4. The van der Waals surface area contributed by atoms with Crippen molar-refractivity contribution in [2.24, 2.45) is 0 Å². The second kappa shape index (κ2) is 28.0. The first kappa shape index (κ1) is 29.0. The monoisotopic (exact) mass is 428 g/mol. The molecule has 0 saturated carbocycles. The molecule has 0 spiro atoms. The van der Waals surface area contributed by atoms with Crippen molar-refractivity contribution in [1.82, 2.24) is 0 Å². The van der Waals surface area contributed by atoms with Gasteiger partial charge in [0.1, 0.15) is 12.5 Å². The highest BCUT2D eigenvalue weighted by molar-refractivity contribution is 4.71. The lowest BCUT2D eigenvalue weighted by atomic mass is 10.0. The van der Waals surface area contributed by atoms with Crippen LogP contribution in [-0.4, -0.2) is 0 Å². The summed E-state index contributed by atoms with van der Waals surface area (Å²) >= 11 is 0. The van der Waals surface area contributed by atoms with Gasteiger partial charge in [-0.05, 0) is 31.9 Å². The third kappa shape index (κ3) is 27.0. The molecule has 30 heavy (non-hydrogen) atoms. The predicted molar refractivity (Wildman–Crippen MR) is 123 cm³/mol. The molecule has 0 aliphatic heterocycles. The highest BCUT2D eigenvalue weighted by Crippen LogP contribution is 2.14. The van der Waals surface area contributed by atoms with E-state index in [4.69, 9.17) is 0 Å². The molecule has 0 aliphatic carbocycles. The van der Waals surface area contributed by atoms with Crippen LogP contribution in [0.5, 0.6) is 0 Å². The fraction of sp³-hybridized carbons (Fsp3) is 0.840. The quantitative estimate of drug-likeness (QED) is 0.0627. The van der Waals surface area contributed by atoms with Gasteiger partial charge in [-0.25, -0.2) is 0 Å². The molecular weight excluding hydrogens is 380 g/mol. The lowest BCUT2D eigenvalue weighted by molar-refractivity contribution is -0.692. The van der Waals surface area contributed by atoms with Gasteiger partial charge < -0.3 is 9.78 Å². The molecule has 0 aromatic rings. The van der Waals surface area contributed by atoms with Gasteiger partial charge in [-0.15, -0.1) is 0 Å². The second-order valence-corrected chi connectivity index (χ2v) is 8.04. The van der Waals surface area contributed by atoms with E-state index in [1.165, 1.54) is 128 Å². The lowest BCUT2D eigenvalue weighted by Crippen LogP contribution is -1.93. The van der Waals surface area contributed by atoms with Gasteiger partial charge in [-0.1, -0.05) is 116 Å². The van der Waals surface area contributed by atoms with Crippen LogP contribution in [0.25, 0.3) is 0 Å². The summed E-state index contributed by atoms with van der Waals surface area (Å²) in [5.74, 6) is 0. The molecule has 0 aromatic heterocycles. The molecule has 5 heteroatoms. The van der Waals surface area contributed by atoms with Gasteiger partial charge in [0.15, 0.2) is 0 Å². The van der Waals surface area contributed by atoms with Crippen LogP contribution in [0.15, 0.2) is 24.7 Å². The molecule has 0 heterocycles. The molecule has 0 atom stereocenters. The minimum absolute atomic E-state index is 0.970. The third-order valence-corrected chi connectivity index (χ3v) is 5.20. The van der Waals surface area contributed by atoms with Gasteiger partial charge in [0, 0.05) is 15.1 Å². The van der Waals surface area contributed by atoms with Crippen LogP contribution in [0.2, 0.25) is 0 Å². The zero-order valence-electron chi connectivity index (χ0n) is 19.8. The minimum atomic E-state index is 0.970. The Morgan fingerprint density at radius 1 is 0.467 bits per heavy atom. The molecule has 0 aromatic carbocycles. The summed E-state index contributed by atoms with van der Waals surface area (Å²) in [7, 11) is 0. The van der Waals surface area contributed by atoms with Gasteiger partial charge in [0.05, 0.1) is 0 Å². The van der Waals surface area contributed by atoms with Crippen LogP contribution in [0.1, 0.15) is 136 Å². The van der Waals surface area contributed by atoms with Crippen LogP contribution < -0.4 is 0 Å². The average molecular weight is 429 g/mol. The van der Waals surface area contributed by atoms with Gasteiger partial charge in [-0.3, -0.25) is 0 Å². The molecule has 0 amide bonds. The van der Waals surface area contributed by atoms with E-state index in [2.05, 4.69) is 31.8 Å². The fourth-order valence-corrected chi connectivity index (χ4v) is 3.42. The van der Waals surface area contributed by atoms with Crippen LogP contribution in [0.3, 0.4) is 0 Å². The molecule has 0 unspecified atom stereocenters. The second-order valence-electron chi connectivity index (χ2n) is 8.04. The number of allylic oxidation sites excluding steroid dienone is 2. The standard InChI is InChI=1S/C25H48O5/c1-3-5-6-7-8-9-10-11-12-13-14-15-16-17-18-19-20-21-22-23-25-27-29-30-28-26-24-4-2/h4,23-25H,3,5-22H2,1-2H3. The maximum Gasteiger partial charge on any atom is 0.129 e. The van der Waals surface area contributed by atoms with Crippen molar-refractivity contribution < 1.29 is 24.9 Å². The number of unbranched alkanes of at least 4 members (excludes halogenated alkanes) is 18. The Hall–Kier alpha value is -1.04. The average Bonchev–Trinajstić information content (AvgIpc) is 2.76. The van der Waals surface area contributed by atoms with Crippen LogP contribution in [0.4, 0.5) is 0 Å². The first-order valence-electron chi connectivity index (χ1n) is 12.5. The molecular formula is C25H48O5. The van der Waals surface area contributed by atoms with E-state index in [1.54, 1.807) is 13.0 Å². The van der Waals surface area contributed by atoms with E-state index in [0.29, 0.717) is 0 Å². The maximum absolute atomic E-state index is 4.62. The Labute approximate surface area is 185 Å². The first-order valence-corrected chi connectivity index (χ1v) is 12.5. The van der Waals surface area contributed by atoms with Crippen LogP contribution >= 0.6 is 0 Å². The van der Waals surface area contributed by atoms with Crippen LogP contribution in [0, 0.1) is 0 Å². The van der Waals surface area contributed by atoms with Crippen molar-refractivity contribution in [3.8, 4) is 0 Å². The van der Waals surface area contributed by atoms with Crippen LogP contribution in [-0.2, 0) is 24.9 Å². The Bertz CT molecular complexity index is 357. The van der Waals surface area contributed by atoms with Gasteiger partial charge in [-0.2, -0.15) is 0 Å². The summed E-state index contributed by atoms with van der Waals surface area (Å²) in [5, 5.41) is 12.5. The van der Waals surface area contributed by atoms with Crippen molar-refractivity contribution in [2.75, 3.05) is 0 Å². The van der Waals surface area contributed by atoms with Crippen molar-refractivity contribution >= 4 is 0 Å². The van der Waals surface area contributed by atoms with E-state index in [0.717, 1.165) is 6.42 Å². The van der Waals surface area contributed by atoms with Crippen molar-refractivity contribution in [1.29, 1.82) is 0 Å². The molecule has 178 valence electrons. The summed E-state index contributed by atoms with van der Waals surface area (Å²) in [4.78, 5) is 9.02. The zero-order chi connectivity index (χ0) is 21.8. The normalized spacial score (nSPS) is 11.7. The fourth-order valence-electron chi connectivity index (χ4n) is 3.42. The Morgan fingerprint density at radius 3 is 1.30 bits per heavy atom. The smallest absolute Gasteiger partial charge is 0.129 e. The summed E-state index contributed by atoms with van der Waals surface area (Å²) in [6.45, 7) is 4.07. The van der Waals surface area contributed by atoms with E-state index < -0.39 is 0 Å². The third-order valence-electron chi connectivity index (χ3n) is 5.20. The molecule has 0 N–H and O–H groups in total. The zero-order valence-corrected chi connectivity index (χ0v) is 19.8. The van der Waals surface area contributed by atoms with E-state index in [1.807, 2.05) is 6.08 Å². The molecule has 0 saturated heterocycles. The molecule has 0 aliphatic rings. The van der Waals surface area contributed by atoms with Crippen molar-refractivity contribution in [2.45, 2.75) is 136 Å². The highest BCUT2D eigenvalue weighted by Gasteiger charge is 1.95. The van der Waals surface area contributed by atoms with Gasteiger partial charge >= 0.3 is 0 Å². The van der Waals surface area contributed by atoms with E-state index >= 15 is 0 Å². The molecule has 0 rings (SSSR count). The SMILES string of the molecule is CC=COOOOOC=CCCCCCCCCCCCCCCCCCCCC. The number of rotatable bonds is 25. The largest absolute Gasteiger partial charge is 0.314 e. The van der Waals surface area contributed by atoms with Crippen molar-refractivity contribution in [3.63, 3.8) is 0 Å². The minimum Gasteiger partial charge on any atom is -0.314 e. The van der Waals surface area contributed by atoms with E-state index in [-0.39, 0.29) is 0 Å². The Morgan fingerprint density at radius 2 is 0.867 bits per heavy atom. The van der Waals surface area contributed by atoms with E-state index in [9.17, 15) is 0 Å². The Balaban J connectivity index is 3.05. The molecule has 0 bridgehead atoms. The molecule has 5 nitrogen and oxygen atoms in total. The van der Waals surface area contributed by atoms with Gasteiger partial charge in [0.2, 0.25) is 0 Å². The maximum atomic E-state index is 4.62. The Kier molecular flexibility index (Phi) is 27.0. The highest BCUT2D eigenvalue weighted by atomic mass is 17.8. The predicted octanol–water partition coefficient (Wildman–Crippen LogP) is 9.21.